The maximum atomic E-state index is 9.44. The van der Waals surface area contributed by atoms with Crippen LogP contribution in [0.2, 0.25) is 0 Å². The third-order valence-corrected chi connectivity index (χ3v) is 1.41. The zero-order chi connectivity index (χ0) is 8.27. The van der Waals surface area contributed by atoms with Crippen molar-refractivity contribution in [2.45, 2.75) is 6.10 Å². The van der Waals surface area contributed by atoms with Crippen LogP contribution >= 0.6 is 12.4 Å². The van der Waals surface area contributed by atoms with Crippen LogP contribution < -0.4 is 0 Å². The molecule has 1 atom stereocenters. The summed E-state index contributed by atoms with van der Waals surface area (Å²) in [4.78, 5) is 1.91. The SMILES string of the molecule is CN(C)CC(O)c1ccco1.Cl. The highest BCUT2D eigenvalue weighted by Crippen LogP contribution is 2.12. The van der Waals surface area contributed by atoms with Crippen molar-refractivity contribution in [2.24, 2.45) is 0 Å². The van der Waals surface area contributed by atoms with Crippen molar-refractivity contribution in [1.29, 1.82) is 0 Å². The zero-order valence-corrected chi connectivity index (χ0v) is 8.04. The first-order chi connectivity index (χ1) is 5.20. The molecule has 0 saturated carbocycles. The molecular weight excluding hydrogens is 178 g/mol. The highest BCUT2D eigenvalue weighted by molar-refractivity contribution is 5.85. The van der Waals surface area contributed by atoms with E-state index >= 15 is 0 Å². The largest absolute Gasteiger partial charge is 0.467 e. The molecule has 0 fully saturated rings. The van der Waals surface area contributed by atoms with E-state index in [9.17, 15) is 5.11 Å². The maximum Gasteiger partial charge on any atom is 0.133 e. The Kier molecular flexibility index (Phi) is 4.97. The summed E-state index contributed by atoms with van der Waals surface area (Å²) in [7, 11) is 3.82. The van der Waals surface area contributed by atoms with Crippen LogP contribution in [0.25, 0.3) is 0 Å². The number of furan rings is 1. The minimum Gasteiger partial charge on any atom is -0.467 e. The van der Waals surface area contributed by atoms with Crippen LogP contribution in [0.1, 0.15) is 11.9 Å². The second-order valence-electron chi connectivity index (χ2n) is 2.79. The number of likely N-dealkylation sites (N-methyl/N-ethyl adjacent to an activating group) is 1. The summed E-state index contributed by atoms with van der Waals surface area (Å²) in [6.07, 6.45) is 1.05. The van der Waals surface area contributed by atoms with Crippen LogP contribution in [-0.2, 0) is 0 Å². The molecule has 0 aliphatic heterocycles. The predicted molar refractivity (Wildman–Crippen MR) is 49.5 cm³/mol. The molecule has 0 amide bonds. The molecule has 0 aliphatic carbocycles. The van der Waals surface area contributed by atoms with Crippen LogP contribution in [-0.4, -0.2) is 30.6 Å². The minimum absolute atomic E-state index is 0. The molecule has 0 radical (unpaired) electrons. The van der Waals surface area contributed by atoms with E-state index < -0.39 is 6.10 Å². The van der Waals surface area contributed by atoms with Crippen molar-refractivity contribution < 1.29 is 9.52 Å². The number of aliphatic hydroxyl groups is 1. The fraction of sp³-hybridized carbons (Fsp3) is 0.500. The molecule has 1 aromatic rings. The maximum absolute atomic E-state index is 9.44. The molecule has 0 bridgehead atoms. The first-order valence-electron chi connectivity index (χ1n) is 3.56. The average Bonchev–Trinajstić information content (AvgIpc) is 2.35. The Hall–Kier alpha value is -0.510. The van der Waals surface area contributed by atoms with Crippen molar-refractivity contribution >= 4 is 12.4 Å². The zero-order valence-electron chi connectivity index (χ0n) is 7.23. The lowest BCUT2D eigenvalue weighted by Crippen LogP contribution is -2.19. The van der Waals surface area contributed by atoms with Crippen LogP contribution in [0.3, 0.4) is 0 Å². The molecule has 0 aromatic carbocycles. The van der Waals surface area contributed by atoms with Gasteiger partial charge in [-0.2, -0.15) is 0 Å². The average molecular weight is 192 g/mol. The van der Waals surface area contributed by atoms with Crippen LogP contribution in [0.5, 0.6) is 0 Å². The molecule has 1 unspecified atom stereocenters. The predicted octanol–water partition coefficient (Wildman–Crippen LogP) is 1.30. The fourth-order valence-electron chi connectivity index (χ4n) is 0.917. The lowest BCUT2D eigenvalue weighted by Gasteiger charge is -2.13. The van der Waals surface area contributed by atoms with E-state index in [0.29, 0.717) is 12.3 Å². The van der Waals surface area contributed by atoms with E-state index in [4.69, 9.17) is 4.42 Å². The van der Waals surface area contributed by atoms with Gasteiger partial charge >= 0.3 is 0 Å². The number of hydrogen-bond acceptors (Lipinski definition) is 3. The molecule has 1 heterocycles. The monoisotopic (exact) mass is 191 g/mol. The van der Waals surface area contributed by atoms with Gasteiger partial charge in [-0.05, 0) is 26.2 Å². The lowest BCUT2D eigenvalue weighted by molar-refractivity contribution is 0.116. The first kappa shape index (κ1) is 11.5. The van der Waals surface area contributed by atoms with Gasteiger partial charge in [0.1, 0.15) is 11.9 Å². The molecule has 1 N–H and O–H groups in total. The molecule has 4 heteroatoms. The van der Waals surface area contributed by atoms with E-state index in [2.05, 4.69) is 0 Å². The lowest BCUT2D eigenvalue weighted by atomic mass is 10.2. The van der Waals surface area contributed by atoms with Crippen LogP contribution in [0.4, 0.5) is 0 Å². The molecule has 70 valence electrons. The molecule has 0 aliphatic rings. The summed E-state index contributed by atoms with van der Waals surface area (Å²) < 4.78 is 5.02. The first-order valence-corrected chi connectivity index (χ1v) is 3.56. The Bertz CT molecular complexity index is 199. The topological polar surface area (TPSA) is 36.6 Å². The minimum atomic E-state index is -0.514. The molecule has 1 rings (SSSR count). The second kappa shape index (κ2) is 5.19. The summed E-state index contributed by atoms with van der Waals surface area (Å²) in [5, 5.41) is 9.44. The Balaban J connectivity index is 0.00000121. The van der Waals surface area contributed by atoms with Crippen molar-refractivity contribution in [3.63, 3.8) is 0 Å². The van der Waals surface area contributed by atoms with Crippen LogP contribution in [0.15, 0.2) is 22.8 Å². The summed E-state index contributed by atoms with van der Waals surface area (Å²) in [5.74, 6) is 0.624. The Morgan fingerprint density at radius 1 is 1.58 bits per heavy atom. The van der Waals surface area contributed by atoms with Crippen molar-refractivity contribution in [3.8, 4) is 0 Å². The molecular formula is C8H14ClNO2. The molecule has 0 saturated heterocycles. The smallest absolute Gasteiger partial charge is 0.133 e. The standard InChI is InChI=1S/C8H13NO2.ClH/c1-9(2)6-7(10)8-4-3-5-11-8;/h3-5,7,10H,6H2,1-2H3;1H. The van der Waals surface area contributed by atoms with Gasteiger partial charge in [0.15, 0.2) is 0 Å². The van der Waals surface area contributed by atoms with E-state index in [1.165, 1.54) is 0 Å². The van der Waals surface area contributed by atoms with Gasteiger partial charge in [-0.1, -0.05) is 0 Å². The van der Waals surface area contributed by atoms with E-state index in [0.717, 1.165) is 0 Å². The number of nitrogens with zero attached hydrogens (tertiary/aromatic N) is 1. The molecule has 0 spiro atoms. The van der Waals surface area contributed by atoms with Gasteiger partial charge in [-0.3, -0.25) is 0 Å². The molecule has 3 nitrogen and oxygen atoms in total. The van der Waals surface area contributed by atoms with Crippen molar-refractivity contribution in [2.75, 3.05) is 20.6 Å². The van der Waals surface area contributed by atoms with Gasteiger partial charge in [-0.25, -0.2) is 0 Å². The third-order valence-electron chi connectivity index (χ3n) is 1.41. The number of hydrogen-bond donors (Lipinski definition) is 1. The van der Waals surface area contributed by atoms with Gasteiger partial charge in [0.25, 0.3) is 0 Å². The van der Waals surface area contributed by atoms with E-state index in [-0.39, 0.29) is 12.4 Å². The summed E-state index contributed by atoms with van der Waals surface area (Å²) in [5.41, 5.74) is 0. The number of rotatable bonds is 3. The highest BCUT2D eigenvalue weighted by atomic mass is 35.5. The number of aliphatic hydroxyl groups excluding tert-OH is 1. The molecule has 1 aromatic heterocycles. The van der Waals surface area contributed by atoms with E-state index in [1.807, 2.05) is 19.0 Å². The van der Waals surface area contributed by atoms with Crippen molar-refractivity contribution in [1.82, 2.24) is 4.90 Å². The summed E-state index contributed by atoms with van der Waals surface area (Å²) >= 11 is 0. The summed E-state index contributed by atoms with van der Waals surface area (Å²) in [6, 6.07) is 3.54. The van der Waals surface area contributed by atoms with Gasteiger partial charge in [0, 0.05) is 6.54 Å². The number of halogens is 1. The van der Waals surface area contributed by atoms with Gasteiger partial charge in [0.2, 0.25) is 0 Å². The fourth-order valence-corrected chi connectivity index (χ4v) is 0.917. The van der Waals surface area contributed by atoms with E-state index in [1.54, 1.807) is 18.4 Å². The normalized spacial score (nSPS) is 12.7. The Morgan fingerprint density at radius 3 is 2.67 bits per heavy atom. The van der Waals surface area contributed by atoms with Gasteiger partial charge in [-0.15, -0.1) is 12.4 Å². The van der Waals surface area contributed by atoms with Crippen molar-refractivity contribution in [3.05, 3.63) is 24.2 Å². The Morgan fingerprint density at radius 2 is 2.25 bits per heavy atom. The summed E-state index contributed by atoms with van der Waals surface area (Å²) in [6.45, 7) is 0.591. The molecule has 12 heavy (non-hydrogen) atoms. The quantitative estimate of drug-likeness (QED) is 0.783. The second-order valence-corrected chi connectivity index (χ2v) is 2.79. The highest BCUT2D eigenvalue weighted by Gasteiger charge is 2.10. The Labute approximate surface area is 78.4 Å². The van der Waals surface area contributed by atoms with Crippen LogP contribution in [0, 0.1) is 0 Å². The third kappa shape index (κ3) is 3.26. The van der Waals surface area contributed by atoms with Gasteiger partial charge < -0.3 is 14.4 Å². The van der Waals surface area contributed by atoms with Gasteiger partial charge in [0.05, 0.1) is 6.26 Å².